The number of hydrogen-bond acceptors (Lipinski definition) is 2. The summed E-state index contributed by atoms with van der Waals surface area (Å²) in [6.45, 7) is 4.63. The number of rotatable bonds is 3. The molecule has 2 amide bonds. The molecule has 2 aliphatic rings. The van der Waals surface area contributed by atoms with Gasteiger partial charge in [-0.1, -0.05) is 0 Å². The Labute approximate surface area is 129 Å². The van der Waals surface area contributed by atoms with Crippen LogP contribution in [0.1, 0.15) is 24.0 Å². The molecule has 0 saturated carbocycles. The van der Waals surface area contributed by atoms with Gasteiger partial charge in [0.2, 0.25) is 0 Å². The molecule has 0 aromatic heterocycles. The summed E-state index contributed by atoms with van der Waals surface area (Å²) in [5.74, 6) is -1.16. The van der Waals surface area contributed by atoms with Gasteiger partial charge in [-0.05, 0) is 50.6 Å². The first-order valence-electron chi connectivity index (χ1n) is 7.77. The highest BCUT2D eigenvalue weighted by Gasteiger charge is 2.34. The Bertz CT molecular complexity index is 550. The lowest BCUT2D eigenvalue weighted by atomic mass is 10.1. The minimum absolute atomic E-state index is 0.00174. The van der Waals surface area contributed by atoms with Crippen LogP contribution in [-0.2, 0) is 6.54 Å². The van der Waals surface area contributed by atoms with Crippen molar-refractivity contribution in [3.63, 3.8) is 0 Å². The Morgan fingerprint density at radius 3 is 2.45 bits per heavy atom. The van der Waals surface area contributed by atoms with Crippen molar-refractivity contribution >= 4 is 6.03 Å². The number of carbonyl (C=O) groups excluding carboxylic acids is 1. The van der Waals surface area contributed by atoms with Gasteiger partial charge in [0, 0.05) is 24.7 Å². The number of piperidine rings is 1. The summed E-state index contributed by atoms with van der Waals surface area (Å²) in [6.07, 6.45) is 1.87. The van der Waals surface area contributed by atoms with E-state index < -0.39 is 11.6 Å². The number of urea groups is 1. The van der Waals surface area contributed by atoms with E-state index in [0.717, 1.165) is 25.9 Å². The lowest BCUT2D eigenvalue weighted by molar-refractivity contribution is 0.164. The van der Waals surface area contributed by atoms with Crippen LogP contribution in [0.4, 0.5) is 13.6 Å². The van der Waals surface area contributed by atoms with Crippen molar-refractivity contribution in [3.05, 3.63) is 34.9 Å². The van der Waals surface area contributed by atoms with Crippen LogP contribution in [0.2, 0.25) is 0 Å². The fraction of sp³-hybridized carbons (Fsp3) is 0.562. The van der Waals surface area contributed by atoms with Crippen LogP contribution < -0.4 is 5.32 Å². The van der Waals surface area contributed by atoms with E-state index in [1.807, 2.05) is 4.90 Å². The number of amides is 2. The molecule has 4 nitrogen and oxygen atoms in total. The molecule has 2 saturated heterocycles. The largest absolute Gasteiger partial charge is 0.320 e. The van der Waals surface area contributed by atoms with Crippen molar-refractivity contribution in [2.24, 2.45) is 0 Å². The second kappa shape index (κ2) is 6.20. The van der Waals surface area contributed by atoms with Crippen molar-refractivity contribution in [2.75, 3.05) is 26.2 Å². The van der Waals surface area contributed by atoms with E-state index >= 15 is 0 Å². The quantitative estimate of drug-likeness (QED) is 0.929. The predicted octanol–water partition coefficient (Wildman–Crippen LogP) is 2.26. The zero-order valence-corrected chi connectivity index (χ0v) is 12.7. The van der Waals surface area contributed by atoms with E-state index in [0.29, 0.717) is 18.7 Å². The molecule has 0 radical (unpaired) electrons. The molecule has 0 bridgehead atoms. The zero-order chi connectivity index (χ0) is 15.7. The van der Waals surface area contributed by atoms with Gasteiger partial charge in [0.05, 0.1) is 6.54 Å². The fourth-order valence-electron chi connectivity index (χ4n) is 3.28. The average molecular weight is 309 g/mol. The highest BCUT2D eigenvalue weighted by molar-refractivity contribution is 5.77. The molecule has 1 N–H and O–H groups in total. The smallest absolute Gasteiger partial charge is 0.320 e. The minimum Gasteiger partial charge on any atom is -0.320 e. The highest BCUT2D eigenvalue weighted by atomic mass is 19.1. The summed E-state index contributed by atoms with van der Waals surface area (Å²) >= 11 is 0. The Kier molecular flexibility index (Phi) is 4.29. The molecule has 2 fully saturated rings. The van der Waals surface area contributed by atoms with Crippen molar-refractivity contribution in [1.29, 1.82) is 0 Å². The van der Waals surface area contributed by atoms with Crippen LogP contribution in [0.25, 0.3) is 0 Å². The summed E-state index contributed by atoms with van der Waals surface area (Å²) < 4.78 is 27.9. The molecule has 22 heavy (non-hydrogen) atoms. The molecule has 0 atom stereocenters. The maximum absolute atomic E-state index is 13.9. The molecule has 120 valence electrons. The molecular formula is C16H21F2N3O. The standard InChI is InChI=1S/C16H21F2N3O/c1-11-8-14(17)13(15(18)9-11)10-20-6-7-21(16(20)22)12-2-4-19-5-3-12/h8-9,12,19H,2-7,10H2,1H3. The molecule has 6 heteroatoms. The van der Waals surface area contributed by atoms with Crippen LogP contribution in [0, 0.1) is 18.6 Å². The van der Waals surface area contributed by atoms with Crippen LogP contribution in [0.5, 0.6) is 0 Å². The molecule has 2 aliphatic heterocycles. The van der Waals surface area contributed by atoms with Gasteiger partial charge in [-0.2, -0.15) is 0 Å². The van der Waals surface area contributed by atoms with E-state index in [2.05, 4.69) is 5.32 Å². The van der Waals surface area contributed by atoms with Gasteiger partial charge in [-0.25, -0.2) is 13.6 Å². The van der Waals surface area contributed by atoms with E-state index in [1.54, 1.807) is 11.8 Å². The van der Waals surface area contributed by atoms with E-state index in [4.69, 9.17) is 0 Å². The molecule has 0 aliphatic carbocycles. The molecule has 0 unspecified atom stereocenters. The molecular weight excluding hydrogens is 288 g/mol. The lowest BCUT2D eigenvalue weighted by Crippen LogP contribution is -2.45. The number of hydrogen-bond donors (Lipinski definition) is 1. The molecule has 2 heterocycles. The van der Waals surface area contributed by atoms with E-state index in [9.17, 15) is 13.6 Å². The monoisotopic (exact) mass is 309 g/mol. The number of nitrogens with zero attached hydrogens (tertiary/aromatic N) is 2. The maximum Gasteiger partial charge on any atom is 0.320 e. The molecule has 1 aromatic rings. The van der Waals surface area contributed by atoms with Gasteiger partial charge >= 0.3 is 6.03 Å². The third kappa shape index (κ3) is 2.92. The van der Waals surface area contributed by atoms with Gasteiger partial charge in [0.25, 0.3) is 0 Å². The summed E-state index contributed by atoms with van der Waals surface area (Å²) in [5.41, 5.74) is 0.522. The van der Waals surface area contributed by atoms with E-state index in [1.165, 1.54) is 12.1 Å². The van der Waals surface area contributed by atoms with Crippen molar-refractivity contribution < 1.29 is 13.6 Å². The van der Waals surface area contributed by atoms with Crippen molar-refractivity contribution in [3.8, 4) is 0 Å². The zero-order valence-electron chi connectivity index (χ0n) is 12.7. The number of carbonyl (C=O) groups is 1. The third-order valence-corrected chi connectivity index (χ3v) is 4.51. The van der Waals surface area contributed by atoms with Crippen LogP contribution in [-0.4, -0.2) is 48.1 Å². The van der Waals surface area contributed by atoms with Crippen LogP contribution >= 0.6 is 0 Å². The number of nitrogens with one attached hydrogen (secondary N) is 1. The Balaban J connectivity index is 1.71. The van der Waals surface area contributed by atoms with Gasteiger partial charge < -0.3 is 15.1 Å². The Morgan fingerprint density at radius 1 is 1.18 bits per heavy atom. The Hall–Kier alpha value is -1.69. The maximum atomic E-state index is 13.9. The second-order valence-corrected chi connectivity index (χ2v) is 6.09. The van der Waals surface area contributed by atoms with Gasteiger partial charge in [-0.15, -0.1) is 0 Å². The van der Waals surface area contributed by atoms with Gasteiger partial charge in [0.15, 0.2) is 0 Å². The van der Waals surface area contributed by atoms with Gasteiger partial charge in [-0.3, -0.25) is 0 Å². The fourth-order valence-corrected chi connectivity index (χ4v) is 3.28. The number of aryl methyl sites for hydroxylation is 1. The van der Waals surface area contributed by atoms with Crippen molar-refractivity contribution in [2.45, 2.75) is 32.4 Å². The first-order valence-corrected chi connectivity index (χ1v) is 7.77. The first kappa shape index (κ1) is 15.2. The van der Waals surface area contributed by atoms with Gasteiger partial charge in [0.1, 0.15) is 11.6 Å². The molecule has 1 aromatic carbocycles. The Morgan fingerprint density at radius 2 is 1.82 bits per heavy atom. The van der Waals surface area contributed by atoms with Crippen LogP contribution in [0.3, 0.4) is 0 Å². The normalized spacial score (nSPS) is 20.0. The summed E-state index contributed by atoms with van der Waals surface area (Å²) in [4.78, 5) is 15.9. The van der Waals surface area contributed by atoms with E-state index in [-0.39, 0.29) is 24.2 Å². The van der Waals surface area contributed by atoms with Crippen molar-refractivity contribution in [1.82, 2.24) is 15.1 Å². The lowest BCUT2D eigenvalue weighted by Gasteiger charge is -2.31. The highest BCUT2D eigenvalue weighted by Crippen LogP contribution is 2.23. The number of benzene rings is 1. The topological polar surface area (TPSA) is 35.6 Å². The first-order chi connectivity index (χ1) is 10.6. The SMILES string of the molecule is Cc1cc(F)c(CN2CCN(C3CCNCC3)C2=O)c(F)c1. The third-order valence-electron chi connectivity index (χ3n) is 4.51. The summed E-state index contributed by atoms with van der Waals surface area (Å²) in [7, 11) is 0. The molecule has 0 spiro atoms. The van der Waals surface area contributed by atoms with Crippen LogP contribution in [0.15, 0.2) is 12.1 Å². The molecule has 3 rings (SSSR count). The number of halogens is 2. The minimum atomic E-state index is -0.578. The summed E-state index contributed by atoms with van der Waals surface area (Å²) in [6, 6.07) is 2.75. The summed E-state index contributed by atoms with van der Waals surface area (Å²) in [5, 5.41) is 3.27. The average Bonchev–Trinajstić information content (AvgIpc) is 2.85. The second-order valence-electron chi connectivity index (χ2n) is 6.09. The predicted molar refractivity (Wildman–Crippen MR) is 79.5 cm³/mol.